The second-order valence-corrected chi connectivity index (χ2v) is 7.24. The summed E-state index contributed by atoms with van der Waals surface area (Å²) in [6, 6.07) is 11.4. The predicted octanol–water partition coefficient (Wildman–Crippen LogP) is 3.50. The molecular weight excluding hydrogens is 411 g/mol. The number of halogens is 3. The van der Waals surface area contributed by atoms with Crippen molar-refractivity contribution in [2.24, 2.45) is 0 Å². The van der Waals surface area contributed by atoms with Gasteiger partial charge < -0.3 is 15.0 Å². The molecule has 1 aliphatic rings. The minimum Gasteiger partial charge on any atom is -0.495 e. The first-order chi connectivity index (χ1) is 14.7. The Kier molecular flexibility index (Phi) is 6.84. The van der Waals surface area contributed by atoms with E-state index in [9.17, 15) is 22.8 Å². The van der Waals surface area contributed by atoms with E-state index in [0.717, 1.165) is 6.07 Å². The maximum atomic E-state index is 13.2. The van der Waals surface area contributed by atoms with E-state index in [1.165, 1.54) is 30.2 Å². The number of nitrogens with zero attached hydrogens (tertiary/aromatic N) is 2. The number of amides is 2. The van der Waals surface area contributed by atoms with Crippen molar-refractivity contribution in [3.63, 3.8) is 0 Å². The summed E-state index contributed by atoms with van der Waals surface area (Å²) in [6.45, 7) is 2.97. The number of hydrogen-bond donors (Lipinski definition) is 1. The Bertz CT molecular complexity index is 941. The van der Waals surface area contributed by atoms with Gasteiger partial charge in [0, 0.05) is 26.2 Å². The van der Waals surface area contributed by atoms with Gasteiger partial charge in [0.2, 0.25) is 5.91 Å². The minimum absolute atomic E-state index is 0.230. The molecule has 1 saturated heterocycles. The van der Waals surface area contributed by atoms with Gasteiger partial charge in [0.25, 0.3) is 5.91 Å². The van der Waals surface area contributed by atoms with E-state index < -0.39 is 23.7 Å². The third-order valence-corrected chi connectivity index (χ3v) is 5.36. The molecule has 166 valence electrons. The molecule has 2 amide bonds. The molecule has 2 aromatic rings. The van der Waals surface area contributed by atoms with Crippen molar-refractivity contribution < 1.29 is 27.5 Å². The van der Waals surface area contributed by atoms with Gasteiger partial charge in [-0.25, -0.2) is 0 Å². The zero-order valence-corrected chi connectivity index (χ0v) is 17.3. The standard InChI is InChI=1S/C22H24F3N3O3/c1-15(20(29)26-18-9-5-6-10-19(18)31-2)27-11-13-28(14-12-27)21(30)16-7-3-4-8-17(16)22(23,24)25/h3-10,15H,11-14H2,1-2H3,(H,26,29). The number of methoxy groups -OCH3 is 1. The number of anilines is 1. The van der Waals surface area contributed by atoms with Gasteiger partial charge >= 0.3 is 6.18 Å². The van der Waals surface area contributed by atoms with E-state index in [2.05, 4.69) is 5.32 Å². The molecular formula is C22H24F3N3O3. The highest BCUT2D eigenvalue weighted by Crippen LogP contribution is 2.32. The summed E-state index contributed by atoms with van der Waals surface area (Å²) in [5.41, 5.74) is -0.739. The van der Waals surface area contributed by atoms with Crippen LogP contribution in [0.1, 0.15) is 22.8 Å². The number of rotatable bonds is 5. The zero-order chi connectivity index (χ0) is 22.6. The summed E-state index contributed by atoms with van der Waals surface area (Å²) in [4.78, 5) is 28.6. The van der Waals surface area contributed by atoms with Crippen LogP contribution >= 0.6 is 0 Å². The Balaban J connectivity index is 1.62. The number of alkyl halides is 3. The summed E-state index contributed by atoms with van der Waals surface area (Å²) < 4.78 is 44.9. The van der Waals surface area contributed by atoms with Gasteiger partial charge in [-0.2, -0.15) is 13.2 Å². The average molecular weight is 435 g/mol. The highest BCUT2D eigenvalue weighted by Gasteiger charge is 2.36. The monoisotopic (exact) mass is 435 g/mol. The molecule has 0 aromatic heterocycles. The maximum absolute atomic E-state index is 13.2. The van der Waals surface area contributed by atoms with E-state index in [1.54, 1.807) is 31.2 Å². The molecule has 1 atom stereocenters. The van der Waals surface area contributed by atoms with Crippen LogP contribution in [0.3, 0.4) is 0 Å². The van der Waals surface area contributed by atoms with E-state index in [0.29, 0.717) is 24.5 Å². The lowest BCUT2D eigenvalue weighted by Gasteiger charge is -2.37. The minimum atomic E-state index is -4.60. The molecule has 31 heavy (non-hydrogen) atoms. The Morgan fingerprint density at radius 3 is 2.26 bits per heavy atom. The number of benzene rings is 2. The quantitative estimate of drug-likeness (QED) is 0.781. The highest BCUT2D eigenvalue weighted by molar-refractivity contribution is 5.97. The van der Waals surface area contributed by atoms with Crippen molar-refractivity contribution in [1.82, 2.24) is 9.80 Å². The number of carbonyl (C=O) groups excluding carboxylic acids is 2. The predicted molar refractivity (Wildman–Crippen MR) is 110 cm³/mol. The van der Waals surface area contributed by atoms with E-state index in [-0.39, 0.29) is 24.6 Å². The van der Waals surface area contributed by atoms with E-state index in [1.807, 2.05) is 4.90 Å². The fraction of sp³-hybridized carbons (Fsp3) is 0.364. The van der Waals surface area contributed by atoms with Crippen molar-refractivity contribution in [2.45, 2.75) is 19.1 Å². The van der Waals surface area contributed by atoms with Crippen LogP contribution in [0, 0.1) is 0 Å². The number of nitrogens with one attached hydrogen (secondary N) is 1. The SMILES string of the molecule is COc1ccccc1NC(=O)C(C)N1CCN(C(=O)c2ccccc2C(F)(F)F)CC1. The van der Waals surface area contributed by atoms with Crippen LogP contribution in [0.5, 0.6) is 5.75 Å². The molecule has 0 saturated carbocycles. The molecule has 0 radical (unpaired) electrons. The average Bonchev–Trinajstić information content (AvgIpc) is 2.78. The van der Waals surface area contributed by atoms with Gasteiger partial charge in [0.05, 0.1) is 30.0 Å². The second-order valence-electron chi connectivity index (χ2n) is 7.24. The van der Waals surface area contributed by atoms with Crippen LogP contribution in [-0.2, 0) is 11.0 Å². The molecule has 1 unspecified atom stereocenters. The number of hydrogen-bond acceptors (Lipinski definition) is 4. The molecule has 0 aliphatic carbocycles. The maximum Gasteiger partial charge on any atom is 0.417 e. The summed E-state index contributed by atoms with van der Waals surface area (Å²) in [7, 11) is 1.52. The van der Waals surface area contributed by atoms with Crippen molar-refractivity contribution in [1.29, 1.82) is 0 Å². The molecule has 2 aromatic carbocycles. The van der Waals surface area contributed by atoms with Crippen LogP contribution in [0.15, 0.2) is 48.5 Å². The van der Waals surface area contributed by atoms with E-state index >= 15 is 0 Å². The Hall–Kier alpha value is -3.07. The zero-order valence-electron chi connectivity index (χ0n) is 17.3. The van der Waals surface area contributed by atoms with Gasteiger partial charge in [0.1, 0.15) is 5.75 Å². The largest absolute Gasteiger partial charge is 0.495 e. The third kappa shape index (κ3) is 5.16. The van der Waals surface area contributed by atoms with Gasteiger partial charge in [-0.05, 0) is 31.2 Å². The smallest absolute Gasteiger partial charge is 0.417 e. The topological polar surface area (TPSA) is 61.9 Å². The fourth-order valence-corrected chi connectivity index (χ4v) is 3.55. The fourth-order valence-electron chi connectivity index (χ4n) is 3.55. The molecule has 1 N–H and O–H groups in total. The first kappa shape index (κ1) is 22.6. The van der Waals surface area contributed by atoms with Gasteiger partial charge in [-0.3, -0.25) is 14.5 Å². The van der Waals surface area contributed by atoms with Crippen molar-refractivity contribution >= 4 is 17.5 Å². The van der Waals surface area contributed by atoms with Gasteiger partial charge in [-0.1, -0.05) is 24.3 Å². The van der Waals surface area contributed by atoms with Crippen LogP contribution in [0.25, 0.3) is 0 Å². The Morgan fingerprint density at radius 1 is 1.00 bits per heavy atom. The van der Waals surface area contributed by atoms with Crippen molar-refractivity contribution in [3.8, 4) is 5.75 Å². The Labute approximate surface area is 178 Å². The van der Waals surface area contributed by atoms with Crippen molar-refractivity contribution in [2.75, 3.05) is 38.6 Å². The molecule has 1 fully saturated rings. The number of para-hydroxylation sites is 2. The van der Waals surface area contributed by atoms with Crippen molar-refractivity contribution in [3.05, 3.63) is 59.7 Å². The molecule has 9 heteroatoms. The molecule has 0 spiro atoms. The summed E-state index contributed by atoms with van der Waals surface area (Å²) >= 11 is 0. The van der Waals surface area contributed by atoms with Gasteiger partial charge in [0.15, 0.2) is 0 Å². The van der Waals surface area contributed by atoms with Crippen LogP contribution in [-0.4, -0.2) is 60.9 Å². The second kappa shape index (κ2) is 9.38. The molecule has 1 aliphatic heterocycles. The lowest BCUT2D eigenvalue weighted by molar-refractivity contribution is -0.138. The Morgan fingerprint density at radius 2 is 1.61 bits per heavy atom. The number of ether oxygens (including phenoxy) is 1. The molecule has 3 rings (SSSR count). The highest BCUT2D eigenvalue weighted by atomic mass is 19.4. The summed E-state index contributed by atoms with van der Waals surface area (Å²) in [6.07, 6.45) is -4.60. The van der Waals surface area contributed by atoms with Crippen LogP contribution < -0.4 is 10.1 Å². The molecule has 6 nitrogen and oxygen atoms in total. The first-order valence-electron chi connectivity index (χ1n) is 9.86. The molecule has 0 bridgehead atoms. The number of piperazine rings is 1. The van der Waals surface area contributed by atoms with Crippen LogP contribution in [0.2, 0.25) is 0 Å². The van der Waals surface area contributed by atoms with Crippen LogP contribution in [0.4, 0.5) is 18.9 Å². The molecule has 1 heterocycles. The van der Waals surface area contributed by atoms with E-state index in [4.69, 9.17) is 4.74 Å². The normalized spacial score (nSPS) is 16.0. The lowest BCUT2D eigenvalue weighted by atomic mass is 10.1. The summed E-state index contributed by atoms with van der Waals surface area (Å²) in [5.74, 6) is -0.341. The van der Waals surface area contributed by atoms with Gasteiger partial charge in [-0.15, -0.1) is 0 Å². The summed E-state index contributed by atoms with van der Waals surface area (Å²) in [5, 5.41) is 2.83. The third-order valence-electron chi connectivity index (χ3n) is 5.36. The first-order valence-corrected chi connectivity index (χ1v) is 9.86. The lowest BCUT2D eigenvalue weighted by Crippen LogP contribution is -2.54. The number of carbonyl (C=O) groups is 2.